The molecule has 0 aromatic heterocycles. The number of amides is 3. The number of rotatable bonds is 5. The molecular weight excluding hydrogens is 234 g/mol. The third-order valence-electron chi connectivity index (χ3n) is 2.78. The second-order valence-electron chi connectivity index (χ2n) is 5.07. The first-order valence-electron chi connectivity index (χ1n) is 6.25. The van der Waals surface area contributed by atoms with Gasteiger partial charge in [0.15, 0.2) is 0 Å². The maximum absolute atomic E-state index is 11.8. The predicted octanol–water partition coefficient (Wildman–Crippen LogP) is -0.601. The molecule has 0 radical (unpaired) electrons. The van der Waals surface area contributed by atoms with Crippen molar-refractivity contribution in [3.63, 3.8) is 0 Å². The Bertz CT molecular complexity index is 341. The van der Waals surface area contributed by atoms with Gasteiger partial charge in [-0.25, -0.2) is 0 Å². The van der Waals surface area contributed by atoms with Gasteiger partial charge in [0.1, 0.15) is 6.04 Å². The minimum Gasteiger partial charge on any atom is -0.355 e. The molecule has 1 heterocycles. The van der Waals surface area contributed by atoms with Crippen LogP contribution >= 0.6 is 0 Å². The van der Waals surface area contributed by atoms with Crippen LogP contribution in [-0.2, 0) is 14.4 Å². The number of hydrogen-bond donors (Lipinski definition) is 3. The standard InChI is InChI=1S/C12H21N3O3/c1-7(2)5-14-11(17)8(3)15-12(18)9-4-10(16)13-6-9/h7-9H,4-6H2,1-3H3,(H,13,16)(H,14,17)(H,15,18). The van der Waals surface area contributed by atoms with Gasteiger partial charge in [0.05, 0.1) is 5.92 Å². The lowest BCUT2D eigenvalue weighted by Crippen LogP contribution is -2.47. The Labute approximate surface area is 107 Å². The molecule has 1 aliphatic heterocycles. The van der Waals surface area contributed by atoms with E-state index in [4.69, 9.17) is 0 Å². The van der Waals surface area contributed by atoms with Crippen molar-refractivity contribution in [1.82, 2.24) is 16.0 Å². The van der Waals surface area contributed by atoms with Gasteiger partial charge in [0.25, 0.3) is 0 Å². The maximum Gasteiger partial charge on any atom is 0.242 e. The van der Waals surface area contributed by atoms with Crippen molar-refractivity contribution in [3.8, 4) is 0 Å². The van der Waals surface area contributed by atoms with Crippen molar-refractivity contribution in [2.24, 2.45) is 11.8 Å². The van der Waals surface area contributed by atoms with Gasteiger partial charge in [-0.2, -0.15) is 0 Å². The Morgan fingerprint density at radius 3 is 2.56 bits per heavy atom. The van der Waals surface area contributed by atoms with E-state index >= 15 is 0 Å². The smallest absolute Gasteiger partial charge is 0.242 e. The van der Waals surface area contributed by atoms with E-state index in [9.17, 15) is 14.4 Å². The van der Waals surface area contributed by atoms with Crippen molar-refractivity contribution in [2.45, 2.75) is 33.2 Å². The fraction of sp³-hybridized carbons (Fsp3) is 0.750. The molecule has 0 spiro atoms. The minimum absolute atomic E-state index is 0.118. The molecule has 3 amide bonds. The fourth-order valence-electron chi connectivity index (χ4n) is 1.65. The average molecular weight is 255 g/mol. The van der Waals surface area contributed by atoms with Crippen LogP contribution < -0.4 is 16.0 Å². The highest BCUT2D eigenvalue weighted by atomic mass is 16.2. The van der Waals surface area contributed by atoms with E-state index in [1.807, 2.05) is 13.8 Å². The first-order valence-corrected chi connectivity index (χ1v) is 6.25. The van der Waals surface area contributed by atoms with Crippen molar-refractivity contribution in [1.29, 1.82) is 0 Å². The predicted molar refractivity (Wildman–Crippen MR) is 66.6 cm³/mol. The highest BCUT2D eigenvalue weighted by Gasteiger charge is 2.29. The molecule has 1 fully saturated rings. The summed E-state index contributed by atoms with van der Waals surface area (Å²) < 4.78 is 0. The zero-order valence-corrected chi connectivity index (χ0v) is 11.1. The summed E-state index contributed by atoms with van der Waals surface area (Å²) in [7, 11) is 0. The van der Waals surface area contributed by atoms with Crippen LogP contribution in [0.25, 0.3) is 0 Å². The summed E-state index contributed by atoms with van der Waals surface area (Å²) in [6.07, 6.45) is 0.201. The second-order valence-corrected chi connectivity index (χ2v) is 5.07. The Morgan fingerprint density at radius 1 is 1.39 bits per heavy atom. The normalized spacial score (nSPS) is 20.4. The van der Waals surface area contributed by atoms with Gasteiger partial charge in [-0.1, -0.05) is 13.8 Å². The Kier molecular flexibility index (Phi) is 5.12. The molecule has 1 saturated heterocycles. The van der Waals surface area contributed by atoms with Crippen LogP contribution in [0.3, 0.4) is 0 Å². The van der Waals surface area contributed by atoms with E-state index in [0.29, 0.717) is 19.0 Å². The molecule has 102 valence electrons. The monoisotopic (exact) mass is 255 g/mol. The first kappa shape index (κ1) is 14.5. The summed E-state index contributed by atoms with van der Waals surface area (Å²) in [6, 6.07) is -0.577. The highest BCUT2D eigenvalue weighted by Crippen LogP contribution is 2.08. The van der Waals surface area contributed by atoms with Gasteiger partial charge in [-0.3, -0.25) is 14.4 Å². The quantitative estimate of drug-likeness (QED) is 0.613. The van der Waals surface area contributed by atoms with E-state index in [2.05, 4.69) is 16.0 Å². The van der Waals surface area contributed by atoms with Crippen molar-refractivity contribution in [2.75, 3.05) is 13.1 Å². The molecule has 0 saturated carbocycles. The van der Waals surface area contributed by atoms with Crippen LogP contribution in [0.5, 0.6) is 0 Å². The van der Waals surface area contributed by atoms with E-state index in [1.54, 1.807) is 6.92 Å². The number of carbonyl (C=O) groups excluding carboxylic acids is 3. The summed E-state index contributed by atoms with van der Waals surface area (Å²) in [5, 5.41) is 7.97. The molecule has 1 rings (SSSR count). The van der Waals surface area contributed by atoms with E-state index < -0.39 is 6.04 Å². The lowest BCUT2D eigenvalue weighted by molar-refractivity contribution is -0.131. The van der Waals surface area contributed by atoms with Crippen LogP contribution in [0.4, 0.5) is 0 Å². The third-order valence-corrected chi connectivity index (χ3v) is 2.78. The number of nitrogens with one attached hydrogen (secondary N) is 3. The van der Waals surface area contributed by atoms with Gasteiger partial charge in [0.2, 0.25) is 17.7 Å². The Morgan fingerprint density at radius 2 is 2.06 bits per heavy atom. The van der Waals surface area contributed by atoms with Crippen molar-refractivity contribution >= 4 is 17.7 Å². The largest absolute Gasteiger partial charge is 0.355 e. The molecule has 0 aromatic rings. The summed E-state index contributed by atoms with van der Waals surface area (Å²) in [5.41, 5.74) is 0. The van der Waals surface area contributed by atoms with Gasteiger partial charge in [-0.05, 0) is 12.8 Å². The maximum atomic E-state index is 11.8. The van der Waals surface area contributed by atoms with Crippen LogP contribution in [0, 0.1) is 11.8 Å². The van der Waals surface area contributed by atoms with Crippen LogP contribution in [0.15, 0.2) is 0 Å². The van der Waals surface area contributed by atoms with Gasteiger partial charge in [-0.15, -0.1) is 0 Å². The molecule has 2 unspecified atom stereocenters. The summed E-state index contributed by atoms with van der Waals surface area (Å²) in [6.45, 7) is 6.57. The Hall–Kier alpha value is -1.59. The lowest BCUT2D eigenvalue weighted by atomic mass is 10.1. The van der Waals surface area contributed by atoms with Crippen molar-refractivity contribution in [3.05, 3.63) is 0 Å². The molecule has 0 bridgehead atoms. The third kappa shape index (κ3) is 4.35. The lowest BCUT2D eigenvalue weighted by Gasteiger charge is -2.16. The first-order chi connectivity index (χ1) is 8.40. The molecule has 3 N–H and O–H groups in total. The molecular formula is C12H21N3O3. The fourth-order valence-corrected chi connectivity index (χ4v) is 1.65. The Balaban J connectivity index is 2.34. The molecule has 0 aliphatic carbocycles. The molecule has 1 aliphatic rings. The summed E-state index contributed by atoms with van der Waals surface area (Å²) in [5.74, 6) is -0.562. The number of hydrogen-bond acceptors (Lipinski definition) is 3. The minimum atomic E-state index is -0.577. The van der Waals surface area contributed by atoms with Gasteiger partial charge >= 0.3 is 0 Å². The number of carbonyl (C=O) groups is 3. The summed E-state index contributed by atoms with van der Waals surface area (Å²) in [4.78, 5) is 34.4. The van der Waals surface area contributed by atoms with E-state index in [0.717, 1.165) is 0 Å². The van der Waals surface area contributed by atoms with Crippen LogP contribution in [0.1, 0.15) is 27.2 Å². The SMILES string of the molecule is CC(C)CNC(=O)C(C)NC(=O)C1CNC(=O)C1. The molecule has 6 heteroatoms. The van der Waals surface area contributed by atoms with Crippen LogP contribution in [-0.4, -0.2) is 36.9 Å². The molecule has 0 aromatic carbocycles. The zero-order chi connectivity index (χ0) is 13.7. The van der Waals surface area contributed by atoms with E-state index in [1.165, 1.54) is 0 Å². The van der Waals surface area contributed by atoms with E-state index in [-0.39, 0.29) is 30.1 Å². The van der Waals surface area contributed by atoms with Crippen molar-refractivity contribution < 1.29 is 14.4 Å². The zero-order valence-electron chi connectivity index (χ0n) is 11.1. The molecule has 18 heavy (non-hydrogen) atoms. The average Bonchev–Trinajstić information content (AvgIpc) is 2.72. The molecule has 2 atom stereocenters. The van der Waals surface area contributed by atoms with Gasteiger partial charge < -0.3 is 16.0 Å². The molecule has 6 nitrogen and oxygen atoms in total. The summed E-state index contributed by atoms with van der Waals surface area (Å²) >= 11 is 0. The second kappa shape index (κ2) is 6.37. The van der Waals surface area contributed by atoms with Crippen LogP contribution in [0.2, 0.25) is 0 Å². The highest BCUT2D eigenvalue weighted by molar-refractivity contribution is 5.92. The van der Waals surface area contributed by atoms with Gasteiger partial charge in [0, 0.05) is 19.5 Å². The topological polar surface area (TPSA) is 87.3 Å².